The van der Waals surface area contributed by atoms with Crippen molar-refractivity contribution in [3.63, 3.8) is 0 Å². The molecule has 0 aromatic heterocycles. The summed E-state index contributed by atoms with van der Waals surface area (Å²) in [5.41, 5.74) is 1.98. The van der Waals surface area contributed by atoms with Crippen LogP contribution >= 0.6 is 0 Å². The molecule has 8 nitrogen and oxygen atoms in total. The van der Waals surface area contributed by atoms with Crippen LogP contribution in [0.2, 0.25) is 0 Å². The smallest absolute Gasteiger partial charge is 0.264 e. The molecular weight excluding hydrogens is 430 g/mol. The number of nitrogens with zero attached hydrogens (tertiary/aromatic N) is 2. The van der Waals surface area contributed by atoms with Gasteiger partial charge in [-0.25, -0.2) is 8.42 Å². The number of carbonyl (C=O) groups excluding carboxylic acids is 2. The molecule has 0 spiro atoms. The maximum Gasteiger partial charge on any atom is 0.264 e. The summed E-state index contributed by atoms with van der Waals surface area (Å²) in [7, 11) is -3.96. The summed E-state index contributed by atoms with van der Waals surface area (Å²) >= 11 is 0. The molecule has 0 radical (unpaired) electrons. The molecule has 2 aromatic rings. The molecule has 32 heavy (non-hydrogen) atoms. The largest absolute Gasteiger partial charge is 0.476 e. The topological polar surface area (TPSA) is 96.0 Å². The lowest BCUT2D eigenvalue weighted by atomic mass is 10.0. The van der Waals surface area contributed by atoms with Crippen molar-refractivity contribution in [1.82, 2.24) is 5.32 Å². The molecule has 1 atom stereocenters. The van der Waals surface area contributed by atoms with Crippen molar-refractivity contribution in [2.24, 2.45) is 0 Å². The van der Waals surface area contributed by atoms with E-state index in [0.717, 1.165) is 24.1 Å². The van der Waals surface area contributed by atoms with E-state index in [9.17, 15) is 18.0 Å². The van der Waals surface area contributed by atoms with Gasteiger partial charge in [-0.05, 0) is 55.2 Å². The summed E-state index contributed by atoms with van der Waals surface area (Å²) in [5, 5.41) is 2.78. The first kappa shape index (κ1) is 22.1. The number of ether oxygens (including phenoxy) is 1. The van der Waals surface area contributed by atoms with Crippen LogP contribution in [0.15, 0.2) is 47.4 Å². The number of para-hydroxylation sites is 2. The Labute approximate surface area is 188 Å². The molecule has 0 saturated heterocycles. The summed E-state index contributed by atoms with van der Waals surface area (Å²) in [6.07, 6.45) is 1.29. The van der Waals surface area contributed by atoms with Gasteiger partial charge in [-0.3, -0.25) is 13.9 Å². The molecule has 2 heterocycles. The third kappa shape index (κ3) is 4.04. The van der Waals surface area contributed by atoms with E-state index in [4.69, 9.17) is 4.74 Å². The molecule has 170 valence electrons. The number of carbonyl (C=O) groups is 2. The highest BCUT2D eigenvalue weighted by Gasteiger charge is 2.37. The van der Waals surface area contributed by atoms with E-state index in [-0.39, 0.29) is 23.3 Å². The summed E-state index contributed by atoms with van der Waals surface area (Å²) < 4.78 is 34.4. The number of benzene rings is 2. The van der Waals surface area contributed by atoms with Crippen LogP contribution in [0, 0.1) is 0 Å². The Morgan fingerprint density at radius 2 is 1.94 bits per heavy atom. The van der Waals surface area contributed by atoms with Gasteiger partial charge in [-0.15, -0.1) is 0 Å². The number of sulfonamides is 1. The van der Waals surface area contributed by atoms with Crippen molar-refractivity contribution in [2.75, 3.05) is 28.8 Å². The molecule has 0 aliphatic carbocycles. The zero-order valence-corrected chi connectivity index (χ0v) is 19.0. The van der Waals surface area contributed by atoms with Gasteiger partial charge in [0.15, 0.2) is 6.10 Å². The monoisotopic (exact) mass is 457 g/mol. The first-order valence-corrected chi connectivity index (χ1v) is 12.2. The molecule has 4 rings (SSSR count). The second kappa shape index (κ2) is 8.82. The Balaban J connectivity index is 1.71. The van der Waals surface area contributed by atoms with Crippen LogP contribution in [0.5, 0.6) is 5.75 Å². The highest BCUT2D eigenvalue weighted by molar-refractivity contribution is 7.92. The van der Waals surface area contributed by atoms with E-state index in [1.165, 1.54) is 17.3 Å². The third-order valence-electron chi connectivity index (χ3n) is 5.71. The average molecular weight is 458 g/mol. The van der Waals surface area contributed by atoms with Crippen molar-refractivity contribution in [3.8, 4) is 5.75 Å². The van der Waals surface area contributed by atoms with E-state index in [1.54, 1.807) is 41.3 Å². The first-order valence-electron chi connectivity index (χ1n) is 10.8. The van der Waals surface area contributed by atoms with E-state index in [2.05, 4.69) is 5.32 Å². The van der Waals surface area contributed by atoms with Gasteiger partial charge >= 0.3 is 0 Å². The maximum absolute atomic E-state index is 13.7. The first-order chi connectivity index (χ1) is 15.3. The minimum atomic E-state index is -3.96. The number of amides is 2. The molecule has 9 heteroatoms. The second-order valence-electron chi connectivity index (χ2n) is 7.97. The standard InChI is InChI=1S/C23H27N3O5S/c1-3-12-24-23(28)22-15-26(20-8-4-5-9-21(20)31-22)32(29,30)18-10-11-19-17(14-18)7-6-13-25(19)16(2)27/h4-5,8-11,14,22H,3,6-7,12-13,15H2,1-2H3,(H,24,28)/t22-/m0/s1. The lowest BCUT2D eigenvalue weighted by molar-refractivity contribution is -0.127. The van der Waals surface area contributed by atoms with Crippen molar-refractivity contribution >= 4 is 33.2 Å². The van der Waals surface area contributed by atoms with Crippen LogP contribution in [0.4, 0.5) is 11.4 Å². The summed E-state index contributed by atoms with van der Waals surface area (Å²) in [5.74, 6) is -0.0617. The number of rotatable bonds is 5. The quantitative estimate of drug-likeness (QED) is 0.744. The molecule has 2 aliphatic heterocycles. The van der Waals surface area contributed by atoms with Crippen molar-refractivity contribution in [1.29, 1.82) is 0 Å². The summed E-state index contributed by atoms with van der Waals surface area (Å²) in [4.78, 5) is 26.3. The van der Waals surface area contributed by atoms with E-state index < -0.39 is 16.1 Å². The Morgan fingerprint density at radius 3 is 2.69 bits per heavy atom. The second-order valence-corrected chi connectivity index (χ2v) is 9.83. The minimum absolute atomic E-state index is 0.0652. The Hall–Kier alpha value is -3.07. The van der Waals surface area contributed by atoms with Crippen molar-refractivity contribution < 1.29 is 22.7 Å². The van der Waals surface area contributed by atoms with Gasteiger partial charge in [-0.1, -0.05) is 19.1 Å². The van der Waals surface area contributed by atoms with Gasteiger partial charge < -0.3 is 15.0 Å². The molecule has 2 aliphatic rings. The minimum Gasteiger partial charge on any atom is -0.476 e. The number of hydrogen-bond acceptors (Lipinski definition) is 5. The lowest BCUT2D eigenvalue weighted by Gasteiger charge is -2.35. The van der Waals surface area contributed by atoms with Crippen molar-refractivity contribution in [3.05, 3.63) is 48.0 Å². The van der Waals surface area contributed by atoms with Crippen LogP contribution < -0.4 is 19.3 Å². The SMILES string of the molecule is CCCNC(=O)[C@@H]1CN(S(=O)(=O)c2ccc3c(c2)CCCN3C(C)=O)c2ccccc2O1. The number of fused-ring (bicyclic) bond motifs is 2. The van der Waals surface area contributed by atoms with Crippen LogP contribution in [0.1, 0.15) is 32.3 Å². The Morgan fingerprint density at radius 1 is 1.16 bits per heavy atom. The predicted octanol–water partition coefficient (Wildman–Crippen LogP) is 2.47. The van der Waals surface area contributed by atoms with E-state index in [1.807, 2.05) is 6.92 Å². The Kier molecular flexibility index (Phi) is 6.10. The molecule has 0 fully saturated rings. The molecule has 2 amide bonds. The summed E-state index contributed by atoms with van der Waals surface area (Å²) in [6.45, 7) is 4.45. The van der Waals surface area contributed by atoms with Gasteiger partial charge in [0.2, 0.25) is 5.91 Å². The fourth-order valence-electron chi connectivity index (χ4n) is 4.12. The lowest BCUT2D eigenvalue weighted by Crippen LogP contribution is -2.50. The van der Waals surface area contributed by atoms with Crippen molar-refractivity contribution in [2.45, 2.75) is 44.1 Å². The molecule has 0 unspecified atom stereocenters. The van der Waals surface area contributed by atoms with Gasteiger partial charge in [0.25, 0.3) is 15.9 Å². The average Bonchev–Trinajstić information content (AvgIpc) is 2.80. The van der Waals surface area contributed by atoms with Gasteiger partial charge in [0, 0.05) is 25.7 Å². The summed E-state index contributed by atoms with van der Waals surface area (Å²) in [6, 6.07) is 11.7. The van der Waals surface area contributed by atoms with Gasteiger partial charge in [-0.2, -0.15) is 0 Å². The van der Waals surface area contributed by atoms with Crippen LogP contribution in [0.25, 0.3) is 0 Å². The molecule has 0 bridgehead atoms. The molecule has 2 aromatic carbocycles. The Bertz CT molecular complexity index is 1150. The molecular formula is C23H27N3O5S. The zero-order valence-electron chi connectivity index (χ0n) is 18.2. The van der Waals surface area contributed by atoms with Gasteiger partial charge in [0.1, 0.15) is 5.75 Å². The number of anilines is 2. The molecule has 1 N–H and O–H groups in total. The van der Waals surface area contributed by atoms with E-state index >= 15 is 0 Å². The maximum atomic E-state index is 13.7. The normalized spacial score (nSPS) is 17.8. The fraction of sp³-hybridized carbons (Fsp3) is 0.391. The zero-order chi connectivity index (χ0) is 22.9. The number of hydrogen-bond donors (Lipinski definition) is 1. The third-order valence-corrected chi connectivity index (χ3v) is 7.49. The van der Waals surface area contributed by atoms with Crippen LogP contribution in [-0.2, 0) is 26.0 Å². The number of nitrogens with one attached hydrogen (secondary N) is 1. The van der Waals surface area contributed by atoms with E-state index in [0.29, 0.717) is 30.9 Å². The predicted molar refractivity (Wildman–Crippen MR) is 121 cm³/mol. The highest BCUT2D eigenvalue weighted by Crippen LogP contribution is 2.38. The van der Waals surface area contributed by atoms with Crippen LogP contribution in [0.3, 0.4) is 0 Å². The highest BCUT2D eigenvalue weighted by atomic mass is 32.2. The van der Waals surface area contributed by atoms with Gasteiger partial charge in [0.05, 0.1) is 17.1 Å². The molecule has 0 saturated carbocycles. The fourth-order valence-corrected chi connectivity index (χ4v) is 5.64. The number of aryl methyl sites for hydroxylation is 1. The van der Waals surface area contributed by atoms with Crippen LogP contribution in [-0.4, -0.2) is 46.0 Å².